The Morgan fingerprint density at radius 1 is 1.35 bits per heavy atom. The minimum Gasteiger partial charge on any atom is -0.468 e. The summed E-state index contributed by atoms with van der Waals surface area (Å²) in [5.41, 5.74) is 0. The lowest BCUT2D eigenvalue weighted by Crippen LogP contribution is -2.25. The maximum atomic E-state index is 12.3. The fourth-order valence-electron chi connectivity index (χ4n) is 1.77. The quantitative estimate of drug-likeness (QED) is 0.821. The molecule has 1 unspecified atom stereocenters. The van der Waals surface area contributed by atoms with Gasteiger partial charge < -0.3 is 9.73 Å². The molecule has 2 aromatic rings. The van der Waals surface area contributed by atoms with Gasteiger partial charge in [0.15, 0.2) is 0 Å². The Morgan fingerprint density at radius 2 is 2.15 bits per heavy atom. The van der Waals surface area contributed by atoms with Crippen molar-refractivity contribution in [1.82, 2.24) is 10.0 Å². The third kappa shape index (κ3) is 3.69. The standard InChI is InChI=1S/C13H18N2O3S2/c1-10(12-4-3-9-18-12)15-20(16,17)13-6-5-11(19-13)7-8-14-2/h3-6,9-10,14-15H,7-8H2,1-2H3. The highest BCUT2D eigenvalue weighted by Gasteiger charge is 2.21. The van der Waals surface area contributed by atoms with E-state index in [1.807, 2.05) is 13.1 Å². The molecule has 0 radical (unpaired) electrons. The molecule has 0 aliphatic heterocycles. The summed E-state index contributed by atoms with van der Waals surface area (Å²) in [4.78, 5) is 1.05. The Bertz CT molecular complexity index is 632. The summed E-state index contributed by atoms with van der Waals surface area (Å²) in [6, 6.07) is 6.60. The lowest BCUT2D eigenvalue weighted by molar-refractivity contribution is 0.459. The fraction of sp³-hybridized carbons (Fsp3) is 0.385. The second kappa shape index (κ2) is 6.53. The van der Waals surface area contributed by atoms with Gasteiger partial charge in [0, 0.05) is 4.88 Å². The summed E-state index contributed by atoms with van der Waals surface area (Å²) < 4.78 is 32.7. The van der Waals surface area contributed by atoms with E-state index in [1.165, 1.54) is 17.6 Å². The summed E-state index contributed by atoms with van der Waals surface area (Å²) in [6.45, 7) is 2.59. The molecule has 20 heavy (non-hydrogen) atoms. The number of hydrogen-bond acceptors (Lipinski definition) is 5. The van der Waals surface area contributed by atoms with E-state index in [-0.39, 0.29) is 0 Å². The Hall–Kier alpha value is -1.15. The van der Waals surface area contributed by atoms with Crippen LogP contribution in [0.1, 0.15) is 23.6 Å². The average molecular weight is 314 g/mol. The molecule has 5 nitrogen and oxygen atoms in total. The minimum atomic E-state index is -3.50. The maximum Gasteiger partial charge on any atom is 0.250 e. The number of likely N-dealkylation sites (N-methyl/N-ethyl adjacent to an activating group) is 1. The third-order valence-corrected chi connectivity index (χ3v) is 6.00. The molecule has 2 heterocycles. The second-order valence-corrected chi connectivity index (χ2v) is 7.54. The van der Waals surface area contributed by atoms with Crippen molar-refractivity contribution in [3.63, 3.8) is 0 Å². The van der Waals surface area contributed by atoms with Gasteiger partial charge in [-0.1, -0.05) is 0 Å². The number of sulfonamides is 1. The molecule has 0 saturated carbocycles. The van der Waals surface area contributed by atoms with E-state index in [0.29, 0.717) is 9.97 Å². The van der Waals surface area contributed by atoms with Crippen molar-refractivity contribution in [1.29, 1.82) is 0 Å². The smallest absolute Gasteiger partial charge is 0.250 e. The highest BCUT2D eigenvalue weighted by molar-refractivity contribution is 7.91. The van der Waals surface area contributed by atoms with E-state index in [1.54, 1.807) is 25.1 Å². The van der Waals surface area contributed by atoms with Crippen molar-refractivity contribution in [3.8, 4) is 0 Å². The predicted molar refractivity (Wildman–Crippen MR) is 79.4 cm³/mol. The van der Waals surface area contributed by atoms with Crippen LogP contribution in [-0.2, 0) is 16.4 Å². The normalized spacial score (nSPS) is 13.5. The fourth-order valence-corrected chi connectivity index (χ4v) is 4.36. The van der Waals surface area contributed by atoms with Gasteiger partial charge >= 0.3 is 0 Å². The Kier molecular flexibility index (Phi) is 4.98. The van der Waals surface area contributed by atoms with Gasteiger partial charge in [-0.05, 0) is 51.2 Å². The van der Waals surface area contributed by atoms with E-state index < -0.39 is 16.1 Å². The van der Waals surface area contributed by atoms with Crippen LogP contribution in [0.2, 0.25) is 0 Å². The van der Waals surface area contributed by atoms with Gasteiger partial charge in [-0.25, -0.2) is 13.1 Å². The van der Waals surface area contributed by atoms with Gasteiger partial charge in [-0.15, -0.1) is 11.3 Å². The van der Waals surface area contributed by atoms with Gasteiger partial charge in [0.2, 0.25) is 0 Å². The van der Waals surface area contributed by atoms with Gasteiger partial charge in [0.25, 0.3) is 10.0 Å². The zero-order chi connectivity index (χ0) is 14.6. The minimum absolute atomic E-state index is 0.335. The molecule has 0 spiro atoms. The van der Waals surface area contributed by atoms with Gasteiger partial charge in [-0.3, -0.25) is 0 Å². The first-order valence-electron chi connectivity index (χ1n) is 6.32. The molecule has 2 aromatic heterocycles. The monoisotopic (exact) mass is 314 g/mol. The molecule has 0 aliphatic rings. The number of nitrogens with one attached hydrogen (secondary N) is 2. The lowest BCUT2D eigenvalue weighted by Gasteiger charge is -2.10. The lowest BCUT2D eigenvalue weighted by atomic mass is 10.3. The SMILES string of the molecule is CNCCc1ccc(S(=O)(=O)NC(C)c2ccco2)s1. The second-order valence-electron chi connectivity index (χ2n) is 4.43. The van der Waals surface area contributed by atoms with Crippen molar-refractivity contribution in [2.75, 3.05) is 13.6 Å². The van der Waals surface area contributed by atoms with Crippen molar-refractivity contribution < 1.29 is 12.8 Å². The first-order valence-corrected chi connectivity index (χ1v) is 8.62. The number of furan rings is 1. The molecule has 2 rings (SSSR count). The maximum absolute atomic E-state index is 12.3. The summed E-state index contributed by atoms with van der Waals surface area (Å²) in [6.07, 6.45) is 2.35. The molecule has 0 bridgehead atoms. The number of thiophene rings is 1. The first-order chi connectivity index (χ1) is 9.53. The highest BCUT2D eigenvalue weighted by Crippen LogP contribution is 2.24. The summed E-state index contributed by atoms with van der Waals surface area (Å²) in [5.74, 6) is 0.598. The van der Waals surface area contributed by atoms with Gasteiger partial charge in [0.1, 0.15) is 9.97 Å². The van der Waals surface area contributed by atoms with E-state index in [0.717, 1.165) is 17.8 Å². The zero-order valence-electron chi connectivity index (χ0n) is 11.4. The van der Waals surface area contributed by atoms with Crippen LogP contribution in [0.5, 0.6) is 0 Å². The third-order valence-electron chi connectivity index (χ3n) is 2.83. The van der Waals surface area contributed by atoms with Crippen molar-refractivity contribution in [2.24, 2.45) is 0 Å². The molecule has 1 atom stereocenters. The Morgan fingerprint density at radius 3 is 2.80 bits per heavy atom. The average Bonchev–Trinajstić information content (AvgIpc) is 3.07. The van der Waals surface area contributed by atoms with Gasteiger partial charge in [0.05, 0.1) is 12.3 Å². The van der Waals surface area contributed by atoms with Gasteiger partial charge in [-0.2, -0.15) is 0 Å². The van der Waals surface area contributed by atoms with Crippen molar-refractivity contribution in [2.45, 2.75) is 23.6 Å². The molecule has 0 saturated heterocycles. The van der Waals surface area contributed by atoms with Crippen LogP contribution in [-0.4, -0.2) is 22.0 Å². The highest BCUT2D eigenvalue weighted by atomic mass is 32.2. The molecular weight excluding hydrogens is 296 g/mol. The van der Waals surface area contributed by atoms with Crippen LogP contribution >= 0.6 is 11.3 Å². The zero-order valence-corrected chi connectivity index (χ0v) is 13.1. The van der Waals surface area contributed by atoms with Crippen molar-refractivity contribution in [3.05, 3.63) is 41.2 Å². The van der Waals surface area contributed by atoms with E-state index >= 15 is 0 Å². The van der Waals surface area contributed by atoms with Crippen LogP contribution < -0.4 is 10.0 Å². The molecule has 0 fully saturated rings. The molecule has 0 aromatic carbocycles. The topological polar surface area (TPSA) is 71.3 Å². The van der Waals surface area contributed by atoms with E-state index in [9.17, 15) is 8.42 Å². The number of hydrogen-bond donors (Lipinski definition) is 2. The molecule has 0 amide bonds. The van der Waals surface area contributed by atoms with Crippen molar-refractivity contribution >= 4 is 21.4 Å². The first kappa shape index (κ1) is 15.2. The van der Waals surface area contributed by atoms with Crippen LogP contribution in [0.4, 0.5) is 0 Å². The molecule has 2 N–H and O–H groups in total. The van der Waals surface area contributed by atoms with Crippen LogP contribution in [0, 0.1) is 0 Å². The largest absolute Gasteiger partial charge is 0.468 e. The molecular formula is C13H18N2O3S2. The predicted octanol–water partition coefficient (Wildman–Crippen LogP) is 2.14. The molecule has 110 valence electrons. The van der Waals surface area contributed by atoms with Crippen LogP contribution in [0.3, 0.4) is 0 Å². The van der Waals surface area contributed by atoms with E-state index in [4.69, 9.17) is 4.42 Å². The summed E-state index contributed by atoms with van der Waals surface area (Å²) >= 11 is 1.30. The van der Waals surface area contributed by atoms with E-state index in [2.05, 4.69) is 10.0 Å². The molecule has 0 aliphatic carbocycles. The molecule has 7 heteroatoms. The number of rotatable bonds is 7. The summed E-state index contributed by atoms with van der Waals surface area (Å²) in [7, 11) is -1.63. The summed E-state index contributed by atoms with van der Waals surface area (Å²) in [5, 5.41) is 3.04. The van der Waals surface area contributed by atoms with Crippen LogP contribution in [0.15, 0.2) is 39.2 Å². The Balaban J connectivity index is 2.08. The van der Waals surface area contributed by atoms with Crippen LogP contribution in [0.25, 0.3) is 0 Å². The Labute approximate surface area is 123 Å².